The standard InChI is InChI=1S/C40H34O3.C2H6/c1-41-33-23-32-36-31(39(33)42-2)22-24-12-11-19-28-27-17-9-10-18-29(27)35(37(36)34(24)28)30-20-21-40(43-38(30)32,25-13-5-3-6-14-25)26-15-7-4-8-16-26;1-2/h3-8,11-16,19-21,23,27,29H,9-10,17-18,22H2,1-2H3;1-2H3. The Kier molecular flexibility index (Phi) is 6.75. The first-order chi connectivity index (χ1) is 22.2. The van der Waals surface area contributed by atoms with Crippen LogP contribution < -0.4 is 14.2 Å². The van der Waals surface area contributed by atoms with Crippen molar-refractivity contribution < 1.29 is 14.2 Å². The van der Waals surface area contributed by atoms with Crippen LogP contribution >= 0.6 is 0 Å². The zero-order chi connectivity index (χ0) is 30.7. The molecule has 1 fully saturated rings. The Morgan fingerprint density at radius 3 is 2.11 bits per heavy atom. The maximum absolute atomic E-state index is 7.50. The van der Waals surface area contributed by atoms with E-state index in [1.807, 2.05) is 13.8 Å². The minimum absolute atomic E-state index is 0.470. The molecule has 5 aromatic carbocycles. The lowest BCUT2D eigenvalue weighted by Crippen LogP contribution is -2.35. The van der Waals surface area contributed by atoms with Gasteiger partial charge >= 0.3 is 0 Å². The highest BCUT2D eigenvalue weighted by atomic mass is 16.5. The third kappa shape index (κ3) is 3.89. The second-order valence-corrected chi connectivity index (χ2v) is 12.5. The van der Waals surface area contributed by atoms with Crippen molar-refractivity contribution in [3.8, 4) is 28.4 Å². The average Bonchev–Trinajstić information content (AvgIpc) is 3.12. The van der Waals surface area contributed by atoms with Crippen molar-refractivity contribution in [2.24, 2.45) is 0 Å². The van der Waals surface area contributed by atoms with E-state index in [-0.39, 0.29) is 0 Å². The Labute approximate surface area is 266 Å². The summed E-state index contributed by atoms with van der Waals surface area (Å²) >= 11 is 0. The number of hydrogen-bond donors (Lipinski definition) is 0. The highest BCUT2D eigenvalue weighted by Gasteiger charge is 2.45. The minimum atomic E-state index is -0.752. The van der Waals surface area contributed by atoms with E-state index in [1.165, 1.54) is 64.5 Å². The molecular formula is C42H40O3. The second kappa shape index (κ2) is 10.8. The Balaban J connectivity index is 0.00000147. The molecular weight excluding hydrogens is 552 g/mol. The molecule has 3 heteroatoms. The highest BCUT2D eigenvalue weighted by Crippen LogP contribution is 2.63. The maximum Gasteiger partial charge on any atom is 0.178 e. The van der Waals surface area contributed by atoms with Gasteiger partial charge in [-0.25, -0.2) is 0 Å². The summed E-state index contributed by atoms with van der Waals surface area (Å²) in [5.41, 5.74) is 11.2. The topological polar surface area (TPSA) is 27.7 Å². The molecule has 226 valence electrons. The Hall–Kier alpha value is -4.50. The van der Waals surface area contributed by atoms with Gasteiger partial charge in [0, 0.05) is 39.4 Å². The van der Waals surface area contributed by atoms with Crippen LogP contribution in [0.2, 0.25) is 0 Å². The van der Waals surface area contributed by atoms with Gasteiger partial charge in [-0.2, -0.15) is 0 Å². The fraction of sp³-hybridized carbons (Fsp3) is 0.286. The molecule has 0 amide bonds. The molecule has 0 aromatic heterocycles. The molecule has 2 atom stereocenters. The summed E-state index contributed by atoms with van der Waals surface area (Å²) in [6.07, 6.45) is 10.5. The first-order valence-corrected chi connectivity index (χ1v) is 16.6. The van der Waals surface area contributed by atoms with Gasteiger partial charge in [0.2, 0.25) is 0 Å². The summed E-state index contributed by atoms with van der Waals surface area (Å²) in [7, 11) is 3.50. The van der Waals surface area contributed by atoms with Gasteiger partial charge in [0.25, 0.3) is 0 Å². The van der Waals surface area contributed by atoms with E-state index in [0.29, 0.717) is 11.8 Å². The summed E-state index contributed by atoms with van der Waals surface area (Å²) in [6.45, 7) is 4.00. The van der Waals surface area contributed by atoms with Gasteiger partial charge in [0.1, 0.15) is 5.75 Å². The lowest BCUT2D eigenvalue weighted by atomic mass is 9.61. The van der Waals surface area contributed by atoms with Crippen LogP contribution in [0.4, 0.5) is 0 Å². The van der Waals surface area contributed by atoms with Crippen molar-refractivity contribution in [2.75, 3.05) is 14.2 Å². The van der Waals surface area contributed by atoms with Gasteiger partial charge < -0.3 is 14.2 Å². The van der Waals surface area contributed by atoms with Crippen molar-refractivity contribution in [3.63, 3.8) is 0 Å². The maximum atomic E-state index is 7.50. The number of methoxy groups -OCH3 is 2. The molecule has 1 aliphatic heterocycles. The molecule has 4 aliphatic rings. The molecule has 0 radical (unpaired) electrons. The molecule has 45 heavy (non-hydrogen) atoms. The zero-order valence-corrected chi connectivity index (χ0v) is 26.7. The van der Waals surface area contributed by atoms with Gasteiger partial charge in [0.15, 0.2) is 17.1 Å². The van der Waals surface area contributed by atoms with Crippen LogP contribution in [0.1, 0.15) is 90.3 Å². The first kappa shape index (κ1) is 28.0. The lowest BCUT2D eigenvalue weighted by molar-refractivity contribution is 0.163. The van der Waals surface area contributed by atoms with Crippen molar-refractivity contribution in [3.05, 3.63) is 130 Å². The number of hydrogen-bond acceptors (Lipinski definition) is 3. The molecule has 3 aliphatic carbocycles. The molecule has 2 unspecified atom stereocenters. The fourth-order valence-electron chi connectivity index (χ4n) is 8.82. The van der Waals surface area contributed by atoms with Gasteiger partial charge in [-0.15, -0.1) is 0 Å². The van der Waals surface area contributed by atoms with Gasteiger partial charge in [-0.3, -0.25) is 0 Å². The Morgan fingerprint density at radius 1 is 0.756 bits per heavy atom. The van der Waals surface area contributed by atoms with E-state index in [1.54, 1.807) is 19.8 Å². The van der Waals surface area contributed by atoms with E-state index in [4.69, 9.17) is 14.2 Å². The monoisotopic (exact) mass is 592 g/mol. The lowest BCUT2D eigenvalue weighted by Gasteiger charge is -2.45. The molecule has 0 spiro atoms. The van der Waals surface area contributed by atoms with Crippen LogP contribution in [0.3, 0.4) is 0 Å². The third-order valence-electron chi connectivity index (χ3n) is 10.6. The fourth-order valence-corrected chi connectivity index (χ4v) is 8.82. The SMILES string of the molecule is CC.COc1cc2c3c(c4c5c2c(c1OC)Cc1cccc(c1-5)C1CCCCC41)C=CC(c1ccccc1)(c1ccccc1)O3. The normalized spacial score (nSPS) is 19.4. The van der Waals surface area contributed by atoms with Crippen LogP contribution in [-0.4, -0.2) is 14.2 Å². The van der Waals surface area contributed by atoms with Crippen LogP contribution in [0, 0.1) is 0 Å². The van der Waals surface area contributed by atoms with Gasteiger partial charge in [-0.05, 0) is 64.6 Å². The first-order valence-electron chi connectivity index (χ1n) is 16.6. The minimum Gasteiger partial charge on any atom is -0.493 e. The summed E-state index contributed by atoms with van der Waals surface area (Å²) in [4.78, 5) is 0. The van der Waals surface area contributed by atoms with Crippen LogP contribution in [0.25, 0.3) is 28.0 Å². The second-order valence-electron chi connectivity index (χ2n) is 12.5. The zero-order valence-electron chi connectivity index (χ0n) is 26.7. The largest absolute Gasteiger partial charge is 0.493 e. The van der Waals surface area contributed by atoms with Crippen LogP contribution in [0.15, 0.2) is 91.0 Å². The Morgan fingerprint density at radius 2 is 1.44 bits per heavy atom. The van der Waals surface area contributed by atoms with Gasteiger partial charge in [0.05, 0.1) is 14.2 Å². The summed E-state index contributed by atoms with van der Waals surface area (Å²) in [6, 6.07) is 30.4. The highest BCUT2D eigenvalue weighted by molar-refractivity contribution is 6.12. The molecule has 3 nitrogen and oxygen atoms in total. The molecule has 1 heterocycles. The van der Waals surface area contributed by atoms with Crippen molar-refractivity contribution in [1.29, 1.82) is 0 Å². The third-order valence-corrected chi connectivity index (χ3v) is 10.6. The summed E-state index contributed by atoms with van der Waals surface area (Å²) in [5, 5.41) is 2.39. The summed E-state index contributed by atoms with van der Waals surface area (Å²) in [5.74, 6) is 3.56. The van der Waals surface area contributed by atoms with Crippen molar-refractivity contribution in [1.82, 2.24) is 0 Å². The van der Waals surface area contributed by atoms with E-state index < -0.39 is 5.60 Å². The van der Waals surface area contributed by atoms with E-state index in [0.717, 1.165) is 40.2 Å². The summed E-state index contributed by atoms with van der Waals surface area (Å²) < 4.78 is 19.6. The predicted molar refractivity (Wildman–Crippen MR) is 184 cm³/mol. The number of fused-ring (bicyclic) bond motifs is 6. The van der Waals surface area contributed by atoms with E-state index in [2.05, 4.69) is 97.1 Å². The Bertz CT molecular complexity index is 1910. The molecule has 5 aromatic rings. The predicted octanol–water partition coefficient (Wildman–Crippen LogP) is 10.6. The smallest absolute Gasteiger partial charge is 0.178 e. The van der Waals surface area contributed by atoms with E-state index >= 15 is 0 Å². The average molecular weight is 593 g/mol. The van der Waals surface area contributed by atoms with E-state index in [9.17, 15) is 0 Å². The number of benzene rings is 5. The van der Waals surface area contributed by atoms with Gasteiger partial charge in [-0.1, -0.05) is 112 Å². The van der Waals surface area contributed by atoms with Crippen LogP contribution in [-0.2, 0) is 12.0 Å². The van der Waals surface area contributed by atoms with Crippen molar-refractivity contribution >= 4 is 16.8 Å². The molecule has 0 saturated heterocycles. The molecule has 9 rings (SSSR count). The molecule has 1 saturated carbocycles. The number of ether oxygens (including phenoxy) is 3. The molecule has 0 bridgehead atoms. The molecule has 0 N–H and O–H groups in total. The quantitative estimate of drug-likeness (QED) is 0.204. The van der Waals surface area contributed by atoms with Crippen LogP contribution in [0.5, 0.6) is 17.2 Å². The number of rotatable bonds is 4. The van der Waals surface area contributed by atoms with Crippen molar-refractivity contribution in [2.45, 2.75) is 63.4 Å².